The Kier molecular flexibility index (Phi) is 3.76. The molecule has 0 radical (unpaired) electrons. The quantitative estimate of drug-likeness (QED) is 0.824. The van der Waals surface area contributed by atoms with Crippen molar-refractivity contribution in [3.63, 3.8) is 0 Å². The van der Waals surface area contributed by atoms with Crippen LogP contribution in [0.5, 0.6) is 0 Å². The minimum absolute atomic E-state index is 0.197. The fourth-order valence-electron chi connectivity index (χ4n) is 1.35. The van der Waals surface area contributed by atoms with Crippen LogP contribution in [0.25, 0.3) is 0 Å². The first-order valence-corrected chi connectivity index (χ1v) is 6.62. The maximum absolute atomic E-state index is 11.5. The number of hydrogen-bond donors (Lipinski definition) is 0. The summed E-state index contributed by atoms with van der Waals surface area (Å²) in [6, 6.07) is 3.25. The lowest BCUT2D eigenvalue weighted by molar-refractivity contribution is 0.182. The molecule has 0 aliphatic rings. The highest BCUT2D eigenvalue weighted by atomic mass is 35.5. The molecule has 0 heterocycles. The first kappa shape index (κ1) is 12.5. The first-order valence-electron chi connectivity index (χ1n) is 4.35. The average molecular weight is 249 g/mol. The molecule has 0 amide bonds. The van der Waals surface area contributed by atoms with E-state index in [-0.39, 0.29) is 11.5 Å². The largest absolute Gasteiger partial charge is 0.380 e. The van der Waals surface area contributed by atoms with E-state index in [4.69, 9.17) is 16.3 Å². The van der Waals surface area contributed by atoms with Crippen LogP contribution in [-0.2, 0) is 21.2 Å². The molecule has 1 aromatic rings. The maximum atomic E-state index is 11.5. The van der Waals surface area contributed by atoms with Gasteiger partial charge in [0.1, 0.15) is 0 Å². The van der Waals surface area contributed by atoms with Crippen molar-refractivity contribution in [1.82, 2.24) is 0 Å². The van der Waals surface area contributed by atoms with Gasteiger partial charge in [-0.25, -0.2) is 8.42 Å². The molecule has 1 aromatic carbocycles. The smallest absolute Gasteiger partial charge is 0.175 e. The van der Waals surface area contributed by atoms with Gasteiger partial charge >= 0.3 is 0 Å². The van der Waals surface area contributed by atoms with Crippen molar-refractivity contribution in [3.8, 4) is 0 Å². The number of ether oxygens (including phenoxy) is 1. The summed E-state index contributed by atoms with van der Waals surface area (Å²) in [5.41, 5.74) is 1.37. The summed E-state index contributed by atoms with van der Waals surface area (Å²) in [7, 11) is -1.75. The molecule has 0 spiro atoms. The topological polar surface area (TPSA) is 43.4 Å². The number of sulfone groups is 1. The third-order valence-electron chi connectivity index (χ3n) is 2.08. The normalized spacial score (nSPS) is 11.7. The van der Waals surface area contributed by atoms with Gasteiger partial charge < -0.3 is 4.74 Å². The van der Waals surface area contributed by atoms with Gasteiger partial charge in [0, 0.05) is 18.9 Å². The maximum Gasteiger partial charge on any atom is 0.175 e. The van der Waals surface area contributed by atoms with Crippen LogP contribution in [0.3, 0.4) is 0 Å². The first-order chi connectivity index (χ1) is 6.88. The van der Waals surface area contributed by atoms with Crippen LogP contribution in [0.1, 0.15) is 11.1 Å². The zero-order chi connectivity index (χ0) is 11.6. The molecule has 0 aromatic heterocycles. The van der Waals surface area contributed by atoms with Crippen molar-refractivity contribution in [1.29, 1.82) is 0 Å². The highest BCUT2D eigenvalue weighted by Crippen LogP contribution is 2.27. The molecule has 1 rings (SSSR count). The highest BCUT2D eigenvalue weighted by molar-refractivity contribution is 7.90. The van der Waals surface area contributed by atoms with E-state index in [2.05, 4.69) is 0 Å². The number of methoxy groups -OCH3 is 1. The van der Waals surface area contributed by atoms with Gasteiger partial charge in [-0.1, -0.05) is 17.7 Å². The molecule has 84 valence electrons. The van der Waals surface area contributed by atoms with E-state index in [9.17, 15) is 8.42 Å². The van der Waals surface area contributed by atoms with Gasteiger partial charge in [-0.05, 0) is 18.6 Å². The molecule has 0 atom stereocenters. The van der Waals surface area contributed by atoms with Crippen molar-refractivity contribution in [3.05, 3.63) is 28.3 Å². The van der Waals surface area contributed by atoms with Crippen molar-refractivity contribution >= 4 is 21.4 Å². The monoisotopic (exact) mass is 248 g/mol. The van der Waals surface area contributed by atoms with E-state index in [1.807, 2.05) is 6.92 Å². The number of rotatable bonds is 3. The number of halogens is 1. The van der Waals surface area contributed by atoms with Crippen molar-refractivity contribution in [2.75, 3.05) is 13.4 Å². The lowest BCUT2D eigenvalue weighted by Gasteiger charge is -2.11. The molecule has 0 unspecified atom stereocenters. The predicted molar refractivity (Wildman–Crippen MR) is 60.0 cm³/mol. The van der Waals surface area contributed by atoms with E-state index in [0.29, 0.717) is 10.6 Å². The molecular formula is C10H13ClO3S. The zero-order valence-electron chi connectivity index (χ0n) is 8.87. The third-order valence-corrected chi connectivity index (χ3v) is 3.79. The van der Waals surface area contributed by atoms with Gasteiger partial charge in [0.2, 0.25) is 0 Å². The molecule has 0 aliphatic heterocycles. The molecule has 15 heavy (non-hydrogen) atoms. The van der Waals surface area contributed by atoms with Crippen LogP contribution in [-0.4, -0.2) is 21.8 Å². The fourth-order valence-corrected chi connectivity index (χ4v) is 2.55. The lowest BCUT2D eigenvalue weighted by Crippen LogP contribution is -2.05. The molecule has 0 saturated heterocycles. The summed E-state index contributed by atoms with van der Waals surface area (Å²) in [5, 5.41) is 0.458. The van der Waals surface area contributed by atoms with Crippen molar-refractivity contribution in [2.24, 2.45) is 0 Å². The van der Waals surface area contributed by atoms with Crippen LogP contribution in [0.4, 0.5) is 0 Å². The summed E-state index contributed by atoms with van der Waals surface area (Å²) in [4.78, 5) is 0.236. The van der Waals surface area contributed by atoms with Crippen LogP contribution >= 0.6 is 11.6 Å². The minimum atomic E-state index is -3.26. The summed E-state index contributed by atoms with van der Waals surface area (Å²) in [6.07, 6.45) is 1.16. The number of hydrogen-bond acceptors (Lipinski definition) is 3. The third kappa shape index (κ3) is 2.71. The molecule has 3 nitrogen and oxygen atoms in total. The van der Waals surface area contributed by atoms with Crippen molar-refractivity contribution in [2.45, 2.75) is 18.4 Å². The predicted octanol–water partition coefficient (Wildman–Crippen LogP) is 2.20. The minimum Gasteiger partial charge on any atom is -0.380 e. The summed E-state index contributed by atoms with van der Waals surface area (Å²) < 4.78 is 27.9. The molecular weight excluding hydrogens is 236 g/mol. The molecule has 0 aliphatic carbocycles. The standard InChI is InChI=1S/C10H13ClO3S/c1-7-4-5-9(15(3,12)13)8(6-14-2)10(7)11/h4-5H,6H2,1-3H3. The Balaban J connectivity index is 3.47. The van der Waals surface area contributed by atoms with E-state index in [1.54, 1.807) is 12.1 Å². The van der Waals surface area contributed by atoms with Gasteiger partial charge in [-0.2, -0.15) is 0 Å². The number of benzene rings is 1. The number of aryl methyl sites for hydroxylation is 1. The van der Waals surface area contributed by atoms with E-state index in [0.717, 1.165) is 11.8 Å². The summed E-state index contributed by atoms with van der Waals surface area (Å²) >= 11 is 6.04. The molecule has 0 N–H and O–H groups in total. The van der Waals surface area contributed by atoms with Crippen molar-refractivity contribution < 1.29 is 13.2 Å². The van der Waals surface area contributed by atoms with E-state index >= 15 is 0 Å². The summed E-state index contributed by atoms with van der Waals surface area (Å²) in [5.74, 6) is 0. The fraction of sp³-hybridized carbons (Fsp3) is 0.400. The van der Waals surface area contributed by atoms with Gasteiger partial charge in [0.15, 0.2) is 9.84 Å². The highest BCUT2D eigenvalue weighted by Gasteiger charge is 2.16. The Morgan fingerprint density at radius 2 is 2.00 bits per heavy atom. The molecule has 0 fully saturated rings. The Bertz CT molecular complexity index is 466. The van der Waals surface area contributed by atoms with E-state index in [1.165, 1.54) is 7.11 Å². The summed E-state index contributed by atoms with van der Waals surface area (Å²) in [6.45, 7) is 2.02. The average Bonchev–Trinajstić information content (AvgIpc) is 2.11. The van der Waals surface area contributed by atoms with Gasteiger partial charge in [0.05, 0.1) is 16.5 Å². The lowest BCUT2D eigenvalue weighted by atomic mass is 10.1. The van der Waals surface area contributed by atoms with Crippen LogP contribution < -0.4 is 0 Å². The Labute approximate surface area is 94.9 Å². The SMILES string of the molecule is COCc1c(S(C)(=O)=O)ccc(C)c1Cl. The second kappa shape index (κ2) is 4.51. The Morgan fingerprint density at radius 3 is 2.47 bits per heavy atom. The zero-order valence-corrected chi connectivity index (χ0v) is 10.4. The van der Waals surface area contributed by atoms with Gasteiger partial charge in [0.25, 0.3) is 0 Å². The van der Waals surface area contributed by atoms with Gasteiger partial charge in [-0.15, -0.1) is 0 Å². The molecule has 0 saturated carbocycles. The molecule has 0 bridgehead atoms. The van der Waals surface area contributed by atoms with Crippen LogP contribution in [0, 0.1) is 6.92 Å². The van der Waals surface area contributed by atoms with Crippen LogP contribution in [0.2, 0.25) is 5.02 Å². The molecule has 5 heteroatoms. The van der Waals surface area contributed by atoms with Crippen LogP contribution in [0.15, 0.2) is 17.0 Å². The van der Waals surface area contributed by atoms with Gasteiger partial charge in [-0.3, -0.25) is 0 Å². The Morgan fingerprint density at radius 1 is 1.40 bits per heavy atom. The Hall–Kier alpha value is -0.580. The van der Waals surface area contributed by atoms with E-state index < -0.39 is 9.84 Å². The second-order valence-electron chi connectivity index (χ2n) is 3.38. The second-order valence-corrected chi connectivity index (χ2v) is 5.74.